The number of carbonyl (C=O) groups is 1. The number of nitrogens with zero attached hydrogens (tertiary/aromatic N) is 1. The lowest BCUT2D eigenvalue weighted by atomic mass is 9.87. The summed E-state index contributed by atoms with van der Waals surface area (Å²) in [6.45, 7) is 3.17. The first kappa shape index (κ1) is 9.90. The van der Waals surface area contributed by atoms with Crippen molar-refractivity contribution in [2.24, 2.45) is 5.41 Å². The van der Waals surface area contributed by atoms with Gasteiger partial charge < -0.3 is 9.64 Å². The van der Waals surface area contributed by atoms with Crippen LogP contribution in [0.25, 0.3) is 0 Å². The van der Waals surface area contributed by atoms with E-state index in [2.05, 4.69) is 0 Å². The van der Waals surface area contributed by atoms with Gasteiger partial charge in [0.05, 0.1) is 24.7 Å². The van der Waals surface area contributed by atoms with Crippen molar-refractivity contribution in [3.63, 3.8) is 0 Å². The summed E-state index contributed by atoms with van der Waals surface area (Å²) in [7, 11) is 0. The quantitative estimate of drug-likeness (QED) is 0.666. The second-order valence-electron chi connectivity index (χ2n) is 4.50. The molecule has 2 heterocycles. The molecule has 0 aliphatic carbocycles. The van der Waals surface area contributed by atoms with Crippen LogP contribution in [-0.4, -0.2) is 43.3 Å². The molecule has 4 heteroatoms. The number of amides is 1. The summed E-state index contributed by atoms with van der Waals surface area (Å²) in [5, 5.41) is 0. The van der Waals surface area contributed by atoms with Crippen molar-refractivity contribution in [2.45, 2.75) is 25.8 Å². The number of rotatable bonds is 2. The Bertz CT molecular complexity index is 240. The number of hydrogen-bond donors (Lipinski definition) is 0. The van der Waals surface area contributed by atoms with Crippen LogP contribution in [0.3, 0.4) is 0 Å². The molecule has 2 saturated heterocycles. The number of hydrogen-bond acceptors (Lipinski definition) is 2. The molecule has 0 N–H and O–H groups in total. The third-order valence-corrected chi connectivity index (χ3v) is 3.17. The topological polar surface area (TPSA) is 29.5 Å². The highest BCUT2D eigenvalue weighted by Crippen LogP contribution is 2.32. The van der Waals surface area contributed by atoms with Crippen LogP contribution >= 0.6 is 0 Å². The average Bonchev–Trinajstić information content (AvgIpc) is 2.60. The Labute approximate surface area is 83.2 Å². The molecule has 2 fully saturated rings. The fourth-order valence-corrected chi connectivity index (χ4v) is 2.14. The lowest BCUT2D eigenvalue weighted by Gasteiger charge is -2.40. The van der Waals surface area contributed by atoms with E-state index in [0.29, 0.717) is 19.8 Å². The van der Waals surface area contributed by atoms with Crippen LogP contribution in [0.2, 0.25) is 0 Å². The van der Waals surface area contributed by atoms with Crippen molar-refractivity contribution in [1.82, 2.24) is 4.90 Å². The Morgan fingerprint density at radius 2 is 2.36 bits per heavy atom. The van der Waals surface area contributed by atoms with Crippen LogP contribution in [0.5, 0.6) is 0 Å². The molecule has 0 aromatic rings. The zero-order valence-corrected chi connectivity index (χ0v) is 8.46. The van der Waals surface area contributed by atoms with Crippen LogP contribution in [0.4, 0.5) is 4.39 Å². The molecule has 1 atom stereocenters. The van der Waals surface area contributed by atoms with Crippen LogP contribution in [0, 0.1) is 5.41 Å². The van der Waals surface area contributed by atoms with Gasteiger partial charge in [-0.2, -0.15) is 0 Å². The molecule has 14 heavy (non-hydrogen) atoms. The van der Waals surface area contributed by atoms with Crippen molar-refractivity contribution in [3.05, 3.63) is 0 Å². The van der Waals surface area contributed by atoms with Gasteiger partial charge in [-0.05, 0) is 19.8 Å². The van der Waals surface area contributed by atoms with E-state index < -0.39 is 6.67 Å². The standard InChI is InChI=1S/C10H16FNO2/c1-10(6-14-7-10)9(13)12-4-2-3-8(12)5-11/h8H,2-7H2,1H3. The van der Waals surface area contributed by atoms with Crippen molar-refractivity contribution in [3.8, 4) is 0 Å². The van der Waals surface area contributed by atoms with E-state index in [4.69, 9.17) is 4.74 Å². The number of halogens is 1. The third-order valence-electron chi connectivity index (χ3n) is 3.17. The molecule has 0 aromatic carbocycles. The van der Waals surface area contributed by atoms with Gasteiger partial charge in [-0.15, -0.1) is 0 Å². The fourth-order valence-electron chi connectivity index (χ4n) is 2.14. The first-order valence-corrected chi connectivity index (χ1v) is 5.12. The number of carbonyl (C=O) groups excluding carboxylic acids is 1. The molecule has 0 saturated carbocycles. The van der Waals surface area contributed by atoms with Gasteiger partial charge in [0.2, 0.25) is 5.91 Å². The summed E-state index contributed by atoms with van der Waals surface area (Å²) in [6, 6.07) is -0.181. The lowest BCUT2D eigenvalue weighted by molar-refractivity contribution is -0.169. The third kappa shape index (κ3) is 1.41. The second kappa shape index (κ2) is 3.50. The summed E-state index contributed by atoms with van der Waals surface area (Å²) in [4.78, 5) is 13.7. The van der Waals surface area contributed by atoms with Gasteiger partial charge in [0, 0.05) is 6.54 Å². The van der Waals surface area contributed by atoms with E-state index in [1.807, 2.05) is 6.92 Å². The van der Waals surface area contributed by atoms with Gasteiger partial charge in [-0.3, -0.25) is 4.79 Å². The van der Waals surface area contributed by atoms with Crippen molar-refractivity contribution in [2.75, 3.05) is 26.4 Å². The molecular formula is C10H16FNO2. The predicted octanol–water partition coefficient (Wildman–Crippen LogP) is 0.983. The average molecular weight is 201 g/mol. The van der Waals surface area contributed by atoms with E-state index in [0.717, 1.165) is 12.8 Å². The zero-order valence-electron chi connectivity index (χ0n) is 8.46. The van der Waals surface area contributed by atoms with Gasteiger partial charge in [0.1, 0.15) is 6.67 Å². The summed E-state index contributed by atoms with van der Waals surface area (Å²) in [5.41, 5.74) is -0.377. The summed E-state index contributed by atoms with van der Waals surface area (Å²) in [6.07, 6.45) is 1.73. The molecule has 2 aliphatic rings. The fraction of sp³-hybridized carbons (Fsp3) is 0.900. The van der Waals surface area contributed by atoms with Crippen molar-refractivity contribution < 1.29 is 13.9 Å². The molecule has 2 aliphatic heterocycles. The van der Waals surface area contributed by atoms with E-state index >= 15 is 0 Å². The van der Waals surface area contributed by atoms with Gasteiger partial charge in [-0.25, -0.2) is 4.39 Å². The SMILES string of the molecule is CC1(C(=O)N2CCCC2CF)COC1. The first-order chi connectivity index (χ1) is 6.67. The van der Waals surface area contributed by atoms with Crippen molar-refractivity contribution >= 4 is 5.91 Å². The highest BCUT2D eigenvalue weighted by Gasteiger charge is 2.46. The van der Waals surface area contributed by atoms with E-state index in [-0.39, 0.29) is 17.4 Å². The van der Waals surface area contributed by atoms with Crippen LogP contribution in [0.15, 0.2) is 0 Å². The monoisotopic (exact) mass is 201 g/mol. The van der Waals surface area contributed by atoms with Crippen molar-refractivity contribution in [1.29, 1.82) is 0 Å². The highest BCUT2D eigenvalue weighted by molar-refractivity contribution is 5.84. The molecule has 2 rings (SSSR count). The second-order valence-corrected chi connectivity index (χ2v) is 4.50. The molecule has 3 nitrogen and oxygen atoms in total. The minimum atomic E-state index is -0.414. The van der Waals surface area contributed by atoms with Gasteiger partial charge in [0.15, 0.2) is 0 Å². The Morgan fingerprint density at radius 3 is 2.86 bits per heavy atom. The van der Waals surface area contributed by atoms with E-state index in [9.17, 15) is 9.18 Å². The Balaban J connectivity index is 2.03. The van der Waals surface area contributed by atoms with Gasteiger partial charge >= 0.3 is 0 Å². The molecule has 0 bridgehead atoms. The van der Waals surface area contributed by atoms with Crippen LogP contribution in [-0.2, 0) is 9.53 Å². The molecule has 0 spiro atoms. The number of likely N-dealkylation sites (tertiary alicyclic amines) is 1. The molecule has 1 amide bonds. The minimum absolute atomic E-state index is 0.0731. The summed E-state index contributed by atoms with van der Waals surface area (Å²) >= 11 is 0. The maximum atomic E-state index is 12.6. The first-order valence-electron chi connectivity index (χ1n) is 5.12. The van der Waals surface area contributed by atoms with E-state index in [1.54, 1.807) is 4.90 Å². The van der Waals surface area contributed by atoms with Crippen LogP contribution in [0.1, 0.15) is 19.8 Å². The molecule has 80 valence electrons. The smallest absolute Gasteiger partial charge is 0.233 e. The maximum Gasteiger partial charge on any atom is 0.233 e. The Morgan fingerprint density at radius 1 is 1.64 bits per heavy atom. The molecule has 0 aromatic heterocycles. The lowest BCUT2D eigenvalue weighted by Crippen LogP contribution is -2.54. The minimum Gasteiger partial charge on any atom is -0.379 e. The number of alkyl halides is 1. The van der Waals surface area contributed by atoms with E-state index in [1.165, 1.54) is 0 Å². The van der Waals surface area contributed by atoms with Crippen LogP contribution < -0.4 is 0 Å². The highest BCUT2D eigenvalue weighted by atomic mass is 19.1. The maximum absolute atomic E-state index is 12.6. The normalized spacial score (nSPS) is 30.1. The molecule has 0 radical (unpaired) electrons. The van der Waals surface area contributed by atoms with Gasteiger partial charge in [0.25, 0.3) is 0 Å². The Hall–Kier alpha value is -0.640. The Kier molecular flexibility index (Phi) is 2.47. The largest absolute Gasteiger partial charge is 0.379 e. The molecule has 1 unspecified atom stereocenters. The summed E-state index contributed by atoms with van der Waals surface area (Å²) in [5.74, 6) is 0.0731. The van der Waals surface area contributed by atoms with Gasteiger partial charge in [-0.1, -0.05) is 0 Å². The number of ether oxygens (including phenoxy) is 1. The zero-order chi connectivity index (χ0) is 10.2. The predicted molar refractivity (Wildman–Crippen MR) is 49.6 cm³/mol. The molecular weight excluding hydrogens is 185 g/mol. The summed E-state index contributed by atoms with van der Waals surface area (Å²) < 4.78 is 17.6.